The van der Waals surface area contributed by atoms with E-state index in [9.17, 15) is 14.0 Å². The summed E-state index contributed by atoms with van der Waals surface area (Å²) >= 11 is 0. The number of carbonyl (C=O) groups is 2. The molecule has 4 rings (SSSR count). The van der Waals surface area contributed by atoms with Gasteiger partial charge in [0, 0.05) is 32.7 Å². The summed E-state index contributed by atoms with van der Waals surface area (Å²) in [4.78, 5) is 31.7. The van der Waals surface area contributed by atoms with Crippen LogP contribution in [-0.4, -0.2) is 54.3 Å². The van der Waals surface area contributed by atoms with Gasteiger partial charge in [0.2, 0.25) is 11.8 Å². The van der Waals surface area contributed by atoms with Gasteiger partial charge in [-0.05, 0) is 29.7 Å². The molecule has 0 aliphatic carbocycles. The number of hydrogen-bond donors (Lipinski definition) is 0. The second-order valence-corrected chi connectivity index (χ2v) is 7.63. The van der Waals surface area contributed by atoms with Crippen molar-refractivity contribution in [3.05, 3.63) is 65.5 Å². The fraction of sp³-hybridized carbons (Fsp3) is 0.391. The Labute approximate surface area is 170 Å². The summed E-state index contributed by atoms with van der Waals surface area (Å²) in [6.07, 6.45) is 1.15. The monoisotopic (exact) mass is 395 g/mol. The number of amides is 2. The zero-order valence-corrected chi connectivity index (χ0v) is 16.7. The van der Waals surface area contributed by atoms with Gasteiger partial charge < -0.3 is 14.7 Å². The summed E-state index contributed by atoms with van der Waals surface area (Å²) in [5.74, 6) is -0.269. The van der Waals surface area contributed by atoms with Crippen LogP contribution in [-0.2, 0) is 16.0 Å². The molecule has 0 aromatic heterocycles. The van der Waals surface area contributed by atoms with Crippen LogP contribution in [0.1, 0.15) is 30.5 Å². The highest BCUT2D eigenvalue weighted by Crippen LogP contribution is 2.32. The molecule has 0 N–H and O–H groups in total. The molecule has 5 nitrogen and oxygen atoms in total. The van der Waals surface area contributed by atoms with Crippen molar-refractivity contribution >= 4 is 17.5 Å². The fourth-order valence-electron chi connectivity index (χ4n) is 4.35. The molecule has 0 bridgehead atoms. The second-order valence-electron chi connectivity index (χ2n) is 7.63. The molecule has 2 aromatic carbocycles. The van der Waals surface area contributed by atoms with Crippen molar-refractivity contribution in [3.8, 4) is 0 Å². The smallest absolute Gasteiger partial charge is 0.250 e. The number of para-hydroxylation sites is 1. The van der Waals surface area contributed by atoms with Crippen LogP contribution in [0.3, 0.4) is 0 Å². The molecule has 0 saturated carbocycles. The van der Waals surface area contributed by atoms with Gasteiger partial charge in [0.25, 0.3) is 0 Å². The van der Waals surface area contributed by atoms with Crippen molar-refractivity contribution in [2.75, 3.05) is 37.6 Å². The number of carbonyl (C=O) groups excluding carboxylic acids is 2. The number of fused-ring (bicyclic) bond motifs is 1. The first-order valence-electron chi connectivity index (χ1n) is 10.3. The van der Waals surface area contributed by atoms with E-state index in [1.165, 1.54) is 6.07 Å². The SMILES string of the molecule is CCCN1C(=O)Cc2ccccc2[C@H]1C(=O)N1CCN(c2ccccc2F)CC1. The van der Waals surface area contributed by atoms with E-state index in [0.717, 1.165) is 17.5 Å². The third kappa shape index (κ3) is 3.71. The summed E-state index contributed by atoms with van der Waals surface area (Å²) in [6.45, 7) is 4.76. The zero-order valence-electron chi connectivity index (χ0n) is 16.7. The maximum atomic E-state index is 14.1. The Morgan fingerprint density at radius 1 is 1.03 bits per heavy atom. The largest absolute Gasteiger partial charge is 0.366 e. The quantitative estimate of drug-likeness (QED) is 0.799. The summed E-state index contributed by atoms with van der Waals surface area (Å²) in [5.41, 5.74) is 2.45. The topological polar surface area (TPSA) is 43.9 Å². The highest BCUT2D eigenvalue weighted by molar-refractivity contribution is 5.92. The summed E-state index contributed by atoms with van der Waals surface area (Å²) in [5, 5.41) is 0. The molecule has 29 heavy (non-hydrogen) atoms. The summed E-state index contributed by atoms with van der Waals surface area (Å²) < 4.78 is 14.1. The number of anilines is 1. The third-order valence-electron chi connectivity index (χ3n) is 5.81. The van der Waals surface area contributed by atoms with E-state index >= 15 is 0 Å². The van der Waals surface area contributed by atoms with Gasteiger partial charge >= 0.3 is 0 Å². The van der Waals surface area contributed by atoms with Gasteiger partial charge in [-0.1, -0.05) is 43.3 Å². The van der Waals surface area contributed by atoms with E-state index in [4.69, 9.17) is 0 Å². The van der Waals surface area contributed by atoms with Crippen LogP contribution >= 0.6 is 0 Å². The van der Waals surface area contributed by atoms with E-state index < -0.39 is 6.04 Å². The normalized spacial score (nSPS) is 19.3. The molecule has 2 aliphatic rings. The van der Waals surface area contributed by atoms with Crippen molar-refractivity contribution in [2.45, 2.75) is 25.8 Å². The molecule has 2 heterocycles. The molecule has 0 radical (unpaired) electrons. The van der Waals surface area contributed by atoms with Crippen LogP contribution in [0, 0.1) is 5.82 Å². The van der Waals surface area contributed by atoms with E-state index in [1.54, 1.807) is 17.0 Å². The van der Waals surface area contributed by atoms with Gasteiger partial charge in [0.15, 0.2) is 0 Å². The van der Waals surface area contributed by atoms with E-state index in [-0.39, 0.29) is 17.6 Å². The minimum Gasteiger partial charge on any atom is -0.366 e. The predicted octanol–water partition coefficient (Wildman–Crippen LogP) is 3.01. The van der Waals surface area contributed by atoms with E-state index in [0.29, 0.717) is 44.8 Å². The molecule has 2 amide bonds. The number of nitrogens with zero attached hydrogens (tertiary/aromatic N) is 3. The number of hydrogen-bond acceptors (Lipinski definition) is 3. The van der Waals surface area contributed by atoms with Gasteiger partial charge in [0.1, 0.15) is 11.9 Å². The van der Waals surface area contributed by atoms with Crippen molar-refractivity contribution in [3.63, 3.8) is 0 Å². The lowest BCUT2D eigenvalue weighted by atomic mass is 9.91. The highest BCUT2D eigenvalue weighted by Gasteiger charge is 2.39. The Balaban J connectivity index is 1.54. The lowest BCUT2D eigenvalue weighted by Gasteiger charge is -2.42. The molecule has 1 atom stereocenters. The Morgan fingerprint density at radius 3 is 2.45 bits per heavy atom. The van der Waals surface area contributed by atoms with Crippen molar-refractivity contribution < 1.29 is 14.0 Å². The molecule has 2 aliphatic heterocycles. The van der Waals surface area contributed by atoms with Crippen LogP contribution in [0.5, 0.6) is 0 Å². The molecular weight excluding hydrogens is 369 g/mol. The van der Waals surface area contributed by atoms with E-state index in [1.807, 2.05) is 47.1 Å². The van der Waals surface area contributed by atoms with Gasteiger partial charge in [-0.3, -0.25) is 9.59 Å². The number of rotatable bonds is 4. The van der Waals surface area contributed by atoms with Crippen molar-refractivity contribution in [1.82, 2.24) is 9.80 Å². The second kappa shape index (κ2) is 8.23. The molecule has 152 valence electrons. The first-order chi connectivity index (χ1) is 14.1. The molecule has 2 aromatic rings. The molecule has 0 unspecified atom stereocenters. The fourth-order valence-corrected chi connectivity index (χ4v) is 4.35. The standard InChI is InChI=1S/C23H26FN3O2/c1-2-11-27-21(28)16-17-7-3-4-8-18(17)22(27)23(29)26-14-12-25(13-15-26)20-10-6-5-9-19(20)24/h3-10,22H,2,11-16H2,1H3/t22-/m0/s1. The van der Waals surface area contributed by atoms with Crippen LogP contribution in [0.2, 0.25) is 0 Å². The minimum absolute atomic E-state index is 0.00823. The molecule has 1 saturated heterocycles. The summed E-state index contributed by atoms with van der Waals surface area (Å²) in [7, 11) is 0. The predicted molar refractivity (Wildman–Crippen MR) is 110 cm³/mol. The van der Waals surface area contributed by atoms with Crippen molar-refractivity contribution in [2.24, 2.45) is 0 Å². The number of halogens is 1. The lowest BCUT2D eigenvalue weighted by Crippen LogP contribution is -2.54. The average Bonchev–Trinajstić information content (AvgIpc) is 2.74. The third-order valence-corrected chi connectivity index (χ3v) is 5.81. The maximum Gasteiger partial charge on any atom is 0.250 e. The van der Waals surface area contributed by atoms with E-state index in [2.05, 4.69) is 0 Å². The molecule has 0 spiro atoms. The number of benzene rings is 2. The summed E-state index contributed by atoms with van der Waals surface area (Å²) in [6, 6.07) is 13.9. The minimum atomic E-state index is -0.563. The molecule has 6 heteroatoms. The Morgan fingerprint density at radius 2 is 1.72 bits per heavy atom. The van der Waals surface area contributed by atoms with Crippen molar-refractivity contribution in [1.29, 1.82) is 0 Å². The van der Waals surface area contributed by atoms with Gasteiger partial charge in [0.05, 0.1) is 12.1 Å². The van der Waals surface area contributed by atoms with Crippen LogP contribution in [0.15, 0.2) is 48.5 Å². The Hall–Kier alpha value is -2.89. The Bertz CT molecular complexity index is 909. The molecule has 1 fully saturated rings. The maximum absolute atomic E-state index is 14.1. The zero-order chi connectivity index (χ0) is 20.4. The molecular formula is C23H26FN3O2. The number of piperazine rings is 1. The van der Waals surface area contributed by atoms with Crippen LogP contribution in [0.25, 0.3) is 0 Å². The Kier molecular flexibility index (Phi) is 5.51. The van der Waals surface area contributed by atoms with Crippen LogP contribution < -0.4 is 4.90 Å². The van der Waals surface area contributed by atoms with Gasteiger partial charge in [-0.25, -0.2) is 4.39 Å². The lowest BCUT2D eigenvalue weighted by molar-refractivity contribution is -0.147. The van der Waals surface area contributed by atoms with Crippen LogP contribution in [0.4, 0.5) is 10.1 Å². The first-order valence-corrected chi connectivity index (χ1v) is 10.3. The van der Waals surface area contributed by atoms with Gasteiger partial charge in [-0.15, -0.1) is 0 Å². The average molecular weight is 395 g/mol. The first kappa shape index (κ1) is 19.4. The van der Waals surface area contributed by atoms with Gasteiger partial charge in [-0.2, -0.15) is 0 Å². The highest BCUT2D eigenvalue weighted by atomic mass is 19.1.